The zero-order valence-corrected chi connectivity index (χ0v) is 23.2. The van der Waals surface area contributed by atoms with Crippen LogP contribution in [0.2, 0.25) is 0 Å². The Labute approximate surface area is 225 Å². The largest absolute Gasteiger partial charge is 0.490 e. The van der Waals surface area contributed by atoms with Gasteiger partial charge in [-0.3, -0.25) is 0 Å². The summed E-state index contributed by atoms with van der Waals surface area (Å²) in [5.74, 6) is 0.866. The molecule has 1 saturated heterocycles. The molecule has 9 heteroatoms. The molecule has 1 aromatic heterocycles. The predicted molar refractivity (Wildman–Crippen MR) is 147 cm³/mol. The van der Waals surface area contributed by atoms with Crippen LogP contribution in [0.15, 0.2) is 69.3 Å². The topological polar surface area (TPSA) is 76.7 Å². The average molecular weight is 592 g/mol. The molecule has 2 unspecified atom stereocenters. The van der Waals surface area contributed by atoms with E-state index < -0.39 is 10.0 Å². The second-order valence-electron chi connectivity index (χ2n) is 9.38. The molecule has 0 spiro atoms. The highest BCUT2D eigenvalue weighted by atomic mass is 79.9. The Hall–Kier alpha value is -1.91. The van der Waals surface area contributed by atoms with Gasteiger partial charge in [0.15, 0.2) is 0 Å². The fourth-order valence-corrected chi connectivity index (χ4v) is 7.46. The SMILES string of the molecule is O=S(=O)(NC1CCOC(c2cccs2)C1)c1ccc(Br)cc1NCc1cccc(OC2CCCC2)c1. The smallest absolute Gasteiger partial charge is 0.242 e. The molecular weight excluding hydrogens is 560 g/mol. The van der Waals surface area contributed by atoms with Crippen molar-refractivity contribution in [1.29, 1.82) is 0 Å². The molecule has 2 N–H and O–H groups in total. The Morgan fingerprint density at radius 2 is 1.92 bits per heavy atom. The molecule has 1 aliphatic carbocycles. The van der Waals surface area contributed by atoms with Crippen molar-refractivity contribution in [2.24, 2.45) is 0 Å². The zero-order valence-electron chi connectivity index (χ0n) is 20.0. The summed E-state index contributed by atoms with van der Waals surface area (Å²) in [5, 5.41) is 5.35. The van der Waals surface area contributed by atoms with Crippen LogP contribution in [0.4, 0.5) is 5.69 Å². The van der Waals surface area contributed by atoms with Crippen molar-refractivity contribution in [3.8, 4) is 5.75 Å². The number of sulfonamides is 1. The van der Waals surface area contributed by atoms with Gasteiger partial charge in [-0.1, -0.05) is 34.1 Å². The summed E-state index contributed by atoms with van der Waals surface area (Å²) < 4.78 is 42.7. The molecule has 2 atom stereocenters. The van der Waals surface area contributed by atoms with Crippen molar-refractivity contribution in [3.63, 3.8) is 0 Å². The van der Waals surface area contributed by atoms with Crippen LogP contribution in [-0.2, 0) is 21.3 Å². The van der Waals surface area contributed by atoms with Gasteiger partial charge in [0.1, 0.15) is 10.6 Å². The van der Waals surface area contributed by atoms with Crippen molar-refractivity contribution in [2.75, 3.05) is 11.9 Å². The first kappa shape index (κ1) is 25.7. The van der Waals surface area contributed by atoms with E-state index in [0.29, 0.717) is 37.8 Å². The van der Waals surface area contributed by atoms with E-state index in [-0.39, 0.29) is 17.0 Å². The third-order valence-electron chi connectivity index (χ3n) is 6.68. The van der Waals surface area contributed by atoms with Crippen molar-refractivity contribution in [3.05, 3.63) is 74.9 Å². The van der Waals surface area contributed by atoms with Gasteiger partial charge in [-0.05, 0) is 85.9 Å². The molecule has 0 amide bonds. The molecule has 5 rings (SSSR count). The van der Waals surface area contributed by atoms with Crippen LogP contribution in [-0.4, -0.2) is 27.2 Å². The minimum absolute atomic E-state index is 0.0762. The Morgan fingerprint density at radius 1 is 1.06 bits per heavy atom. The highest BCUT2D eigenvalue weighted by Crippen LogP contribution is 2.33. The van der Waals surface area contributed by atoms with Crippen molar-refractivity contribution >= 4 is 43.0 Å². The van der Waals surface area contributed by atoms with E-state index in [4.69, 9.17) is 9.47 Å². The molecule has 2 fully saturated rings. The lowest BCUT2D eigenvalue weighted by molar-refractivity contribution is 0.00620. The Balaban J connectivity index is 1.27. The third kappa shape index (κ3) is 6.50. The summed E-state index contributed by atoms with van der Waals surface area (Å²) >= 11 is 5.13. The number of nitrogens with one attached hydrogen (secondary N) is 2. The van der Waals surface area contributed by atoms with E-state index >= 15 is 0 Å². The molecule has 1 aliphatic heterocycles. The van der Waals surface area contributed by atoms with Crippen LogP contribution in [0.3, 0.4) is 0 Å². The van der Waals surface area contributed by atoms with Gasteiger partial charge in [-0.2, -0.15) is 0 Å². The number of benzene rings is 2. The van der Waals surface area contributed by atoms with Crippen LogP contribution in [0, 0.1) is 0 Å². The fraction of sp³-hybridized carbons (Fsp3) is 0.407. The fourth-order valence-electron chi connectivity index (χ4n) is 4.86. The monoisotopic (exact) mass is 590 g/mol. The van der Waals surface area contributed by atoms with Crippen molar-refractivity contribution < 1.29 is 17.9 Å². The Morgan fingerprint density at radius 3 is 2.72 bits per heavy atom. The van der Waals surface area contributed by atoms with Gasteiger partial charge in [0.05, 0.1) is 17.9 Å². The number of hydrogen-bond acceptors (Lipinski definition) is 6. The molecule has 3 aromatic rings. The lowest BCUT2D eigenvalue weighted by Crippen LogP contribution is -2.39. The van der Waals surface area contributed by atoms with E-state index in [2.05, 4.69) is 26.0 Å². The summed E-state index contributed by atoms with van der Waals surface area (Å²) in [7, 11) is -3.74. The van der Waals surface area contributed by atoms with E-state index in [9.17, 15) is 8.42 Å². The second-order valence-corrected chi connectivity index (χ2v) is 13.0. The lowest BCUT2D eigenvalue weighted by Gasteiger charge is -2.29. The van der Waals surface area contributed by atoms with E-state index in [1.165, 1.54) is 12.8 Å². The summed E-state index contributed by atoms with van der Waals surface area (Å²) in [4.78, 5) is 1.37. The summed E-state index contributed by atoms with van der Waals surface area (Å²) in [6, 6.07) is 17.1. The molecule has 36 heavy (non-hydrogen) atoms. The summed E-state index contributed by atoms with van der Waals surface area (Å²) in [5.41, 5.74) is 1.59. The van der Waals surface area contributed by atoms with Crippen LogP contribution < -0.4 is 14.8 Å². The number of halogens is 1. The Bertz CT molecular complexity index is 1260. The van der Waals surface area contributed by atoms with Gasteiger partial charge in [-0.25, -0.2) is 13.1 Å². The first-order chi connectivity index (χ1) is 17.5. The molecule has 6 nitrogen and oxygen atoms in total. The minimum Gasteiger partial charge on any atom is -0.490 e. The van der Waals surface area contributed by atoms with Gasteiger partial charge >= 0.3 is 0 Å². The molecule has 0 bridgehead atoms. The maximum absolute atomic E-state index is 13.5. The van der Waals surface area contributed by atoms with Crippen LogP contribution in [0.5, 0.6) is 5.75 Å². The minimum atomic E-state index is -3.74. The van der Waals surface area contributed by atoms with E-state index in [1.807, 2.05) is 47.8 Å². The van der Waals surface area contributed by atoms with E-state index in [1.54, 1.807) is 23.5 Å². The van der Waals surface area contributed by atoms with Crippen LogP contribution in [0.1, 0.15) is 55.1 Å². The van der Waals surface area contributed by atoms with Gasteiger partial charge in [0, 0.05) is 28.5 Å². The predicted octanol–water partition coefficient (Wildman–Crippen LogP) is 6.64. The van der Waals surface area contributed by atoms with E-state index in [0.717, 1.165) is 33.5 Å². The number of hydrogen-bond donors (Lipinski definition) is 2. The highest BCUT2D eigenvalue weighted by Gasteiger charge is 2.29. The van der Waals surface area contributed by atoms with Gasteiger partial charge < -0.3 is 14.8 Å². The standard InChI is InChI=1S/C27H31BrN2O4S2/c28-20-10-11-27(36(31,32)30-21-12-13-33-25(17-21)26-9-4-14-35-26)24(16-20)29-18-19-5-3-8-23(15-19)34-22-6-1-2-7-22/h3-5,8-11,14-16,21-22,25,29-30H,1-2,6-7,12-13,17-18H2. The highest BCUT2D eigenvalue weighted by molar-refractivity contribution is 9.10. The van der Waals surface area contributed by atoms with Gasteiger partial charge in [0.2, 0.25) is 10.0 Å². The molecular formula is C27H31BrN2O4S2. The second kappa shape index (κ2) is 11.6. The number of anilines is 1. The number of rotatable bonds is 9. The average Bonchev–Trinajstić information content (AvgIpc) is 3.58. The number of thiophene rings is 1. The third-order valence-corrected chi connectivity index (χ3v) is 9.72. The normalized spacial score (nSPS) is 20.9. The maximum Gasteiger partial charge on any atom is 0.242 e. The maximum atomic E-state index is 13.5. The number of ether oxygens (including phenoxy) is 2. The van der Waals surface area contributed by atoms with Crippen LogP contribution in [0.25, 0.3) is 0 Å². The summed E-state index contributed by atoms with van der Waals surface area (Å²) in [6.07, 6.45) is 6.15. The molecule has 0 radical (unpaired) electrons. The van der Waals surface area contributed by atoms with Crippen molar-refractivity contribution in [1.82, 2.24) is 4.72 Å². The summed E-state index contributed by atoms with van der Waals surface area (Å²) in [6.45, 7) is 1.01. The first-order valence-corrected chi connectivity index (χ1v) is 15.6. The van der Waals surface area contributed by atoms with Crippen molar-refractivity contribution in [2.45, 2.75) is 68.2 Å². The molecule has 1 saturated carbocycles. The first-order valence-electron chi connectivity index (χ1n) is 12.4. The molecule has 2 heterocycles. The molecule has 192 valence electrons. The van der Waals surface area contributed by atoms with Crippen LogP contribution >= 0.6 is 27.3 Å². The lowest BCUT2D eigenvalue weighted by atomic mass is 10.0. The quantitative estimate of drug-likeness (QED) is 0.292. The Kier molecular flexibility index (Phi) is 8.32. The molecule has 2 aromatic carbocycles. The molecule has 2 aliphatic rings. The van der Waals surface area contributed by atoms with Gasteiger partial charge in [0.25, 0.3) is 0 Å². The van der Waals surface area contributed by atoms with Gasteiger partial charge in [-0.15, -0.1) is 11.3 Å². The zero-order chi connectivity index (χ0) is 25.0.